The second kappa shape index (κ2) is 6.61. The molecule has 16 heavy (non-hydrogen) atoms. The molecule has 86 valence electrons. The lowest BCUT2D eigenvalue weighted by molar-refractivity contribution is 0.0983. The molecule has 1 aromatic rings. The van der Waals surface area contributed by atoms with E-state index in [0.29, 0.717) is 35.1 Å². The molecule has 0 unspecified atom stereocenters. The molecule has 1 rings (SSSR count). The Labute approximate surface area is 106 Å². The van der Waals surface area contributed by atoms with Crippen LogP contribution in [0.25, 0.3) is 0 Å². The van der Waals surface area contributed by atoms with Crippen LogP contribution in [0.1, 0.15) is 30.1 Å². The molecule has 0 spiro atoms. The van der Waals surface area contributed by atoms with Crippen molar-refractivity contribution in [2.75, 3.05) is 6.61 Å². The van der Waals surface area contributed by atoms with Crippen molar-refractivity contribution in [2.24, 2.45) is 0 Å². The summed E-state index contributed by atoms with van der Waals surface area (Å²) in [6.45, 7) is 2.41. The van der Waals surface area contributed by atoms with Crippen LogP contribution in [0.5, 0.6) is 0 Å². The number of carbonyl (C=O) groups excluding carboxylic acids is 1. The third-order valence-electron chi connectivity index (χ3n) is 2.01. The van der Waals surface area contributed by atoms with Gasteiger partial charge in [-0.25, -0.2) is 0 Å². The maximum atomic E-state index is 11.7. The van der Waals surface area contributed by atoms with Crippen molar-refractivity contribution >= 4 is 34.7 Å². The highest BCUT2D eigenvalue weighted by Gasteiger charge is 2.07. The van der Waals surface area contributed by atoms with Crippen LogP contribution in [-0.4, -0.2) is 17.4 Å². The number of Topliss-reactive ketones (excluding diaryl/α,β-unsaturated/α-hetero) is 1. The molecule has 0 radical (unpaired) electrons. The molecule has 0 fully saturated rings. The van der Waals surface area contributed by atoms with Crippen molar-refractivity contribution < 1.29 is 9.53 Å². The molecule has 0 aliphatic rings. The van der Waals surface area contributed by atoms with Crippen molar-refractivity contribution in [2.45, 2.75) is 19.8 Å². The highest BCUT2D eigenvalue weighted by atomic mass is 35.5. The van der Waals surface area contributed by atoms with Gasteiger partial charge in [0.2, 0.25) is 0 Å². The van der Waals surface area contributed by atoms with Crippen LogP contribution in [0.15, 0.2) is 24.3 Å². The van der Waals surface area contributed by atoms with E-state index in [1.54, 1.807) is 24.3 Å². The Morgan fingerprint density at radius 1 is 1.44 bits per heavy atom. The normalized spacial score (nSPS) is 9.88. The highest BCUT2D eigenvalue weighted by molar-refractivity contribution is 7.80. The van der Waals surface area contributed by atoms with Gasteiger partial charge >= 0.3 is 0 Å². The summed E-state index contributed by atoms with van der Waals surface area (Å²) in [7, 11) is 0. The molecular formula is C12H13ClO2S. The Morgan fingerprint density at radius 2 is 2.19 bits per heavy atom. The minimum Gasteiger partial charge on any atom is -0.487 e. The lowest BCUT2D eigenvalue weighted by Gasteiger charge is -2.04. The number of ketones is 1. The topological polar surface area (TPSA) is 26.3 Å². The SMILES string of the molecule is CCOC(=S)CCC(=O)c1cccc(Cl)c1. The van der Waals surface area contributed by atoms with Gasteiger partial charge in [-0.05, 0) is 31.3 Å². The summed E-state index contributed by atoms with van der Waals surface area (Å²) in [5.74, 6) is 0.0320. The molecule has 0 saturated carbocycles. The van der Waals surface area contributed by atoms with Crippen LogP contribution in [0.4, 0.5) is 0 Å². The van der Waals surface area contributed by atoms with E-state index in [1.165, 1.54) is 0 Å². The summed E-state index contributed by atoms with van der Waals surface area (Å²) < 4.78 is 5.11. The molecule has 0 N–H and O–H groups in total. The summed E-state index contributed by atoms with van der Waals surface area (Å²) in [4.78, 5) is 11.7. The number of hydrogen-bond donors (Lipinski definition) is 0. The minimum absolute atomic E-state index is 0.0320. The Hall–Kier alpha value is -0.930. The zero-order chi connectivity index (χ0) is 12.0. The largest absolute Gasteiger partial charge is 0.487 e. The van der Waals surface area contributed by atoms with Gasteiger partial charge in [0.25, 0.3) is 0 Å². The predicted octanol–water partition coefficient (Wildman–Crippen LogP) is 3.67. The molecule has 0 aliphatic heterocycles. The van der Waals surface area contributed by atoms with Gasteiger partial charge in [-0.3, -0.25) is 4.79 Å². The standard InChI is InChI=1S/C12H13ClO2S/c1-2-15-12(16)7-6-11(14)9-4-3-5-10(13)8-9/h3-5,8H,2,6-7H2,1H3. The average molecular weight is 257 g/mol. The molecule has 0 aliphatic carbocycles. The zero-order valence-corrected chi connectivity index (χ0v) is 10.6. The monoisotopic (exact) mass is 256 g/mol. The molecule has 0 aromatic heterocycles. The number of benzene rings is 1. The van der Waals surface area contributed by atoms with E-state index in [9.17, 15) is 4.79 Å². The smallest absolute Gasteiger partial charge is 0.163 e. The highest BCUT2D eigenvalue weighted by Crippen LogP contribution is 2.13. The second-order valence-corrected chi connectivity index (χ2v) is 4.13. The molecule has 2 nitrogen and oxygen atoms in total. The Morgan fingerprint density at radius 3 is 2.81 bits per heavy atom. The molecule has 0 atom stereocenters. The van der Waals surface area contributed by atoms with Crippen molar-refractivity contribution in [3.8, 4) is 0 Å². The van der Waals surface area contributed by atoms with Gasteiger partial charge in [-0.1, -0.05) is 23.7 Å². The third kappa shape index (κ3) is 4.29. The fourth-order valence-electron chi connectivity index (χ4n) is 1.26. The van der Waals surface area contributed by atoms with Gasteiger partial charge in [0.1, 0.15) is 0 Å². The summed E-state index contributed by atoms with van der Waals surface area (Å²) in [6, 6.07) is 6.91. The molecule has 0 amide bonds. The summed E-state index contributed by atoms with van der Waals surface area (Å²) in [6.07, 6.45) is 0.841. The Bertz CT molecular complexity index is 390. The predicted molar refractivity (Wildman–Crippen MR) is 69.2 cm³/mol. The number of hydrogen-bond acceptors (Lipinski definition) is 3. The molecule has 1 aromatic carbocycles. The fourth-order valence-corrected chi connectivity index (χ4v) is 1.67. The van der Waals surface area contributed by atoms with Gasteiger partial charge in [0.15, 0.2) is 10.8 Å². The first-order valence-corrected chi connectivity index (χ1v) is 5.86. The first-order valence-electron chi connectivity index (χ1n) is 5.08. The number of halogens is 1. The second-order valence-electron chi connectivity index (χ2n) is 3.24. The first kappa shape index (κ1) is 13.1. The van der Waals surface area contributed by atoms with E-state index >= 15 is 0 Å². The molecule has 0 bridgehead atoms. The van der Waals surface area contributed by atoms with Gasteiger partial charge in [-0.15, -0.1) is 0 Å². The molecule has 0 saturated heterocycles. The van der Waals surface area contributed by atoms with Gasteiger partial charge < -0.3 is 4.74 Å². The Balaban J connectivity index is 2.50. The number of rotatable bonds is 5. The maximum absolute atomic E-state index is 11.7. The fraction of sp³-hybridized carbons (Fsp3) is 0.333. The molecule has 0 heterocycles. The zero-order valence-electron chi connectivity index (χ0n) is 9.03. The van der Waals surface area contributed by atoms with E-state index < -0.39 is 0 Å². The lowest BCUT2D eigenvalue weighted by atomic mass is 10.1. The quantitative estimate of drug-likeness (QED) is 0.594. The van der Waals surface area contributed by atoms with Crippen LogP contribution in [-0.2, 0) is 4.74 Å². The van der Waals surface area contributed by atoms with Gasteiger partial charge in [0, 0.05) is 23.4 Å². The number of ether oxygens (including phenoxy) is 1. The van der Waals surface area contributed by atoms with E-state index in [-0.39, 0.29) is 5.78 Å². The van der Waals surface area contributed by atoms with E-state index in [1.807, 2.05) is 6.92 Å². The summed E-state index contributed by atoms with van der Waals surface area (Å²) >= 11 is 10.7. The summed E-state index contributed by atoms with van der Waals surface area (Å²) in [5.41, 5.74) is 0.617. The van der Waals surface area contributed by atoms with E-state index in [4.69, 9.17) is 28.6 Å². The van der Waals surface area contributed by atoms with Crippen LogP contribution in [0.2, 0.25) is 5.02 Å². The van der Waals surface area contributed by atoms with Crippen molar-refractivity contribution in [3.05, 3.63) is 34.9 Å². The van der Waals surface area contributed by atoms with Crippen LogP contribution >= 0.6 is 23.8 Å². The van der Waals surface area contributed by atoms with Crippen LogP contribution in [0.3, 0.4) is 0 Å². The molecule has 4 heteroatoms. The van der Waals surface area contributed by atoms with Gasteiger partial charge in [0.05, 0.1) is 6.61 Å². The van der Waals surface area contributed by atoms with Crippen LogP contribution < -0.4 is 0 Å². The lowest BCUT2D eigenvalue weighted by Crippen LogP contribution is -2.06. The first-order chi connectivity index (χ1) is 7.63. The Kier molecular flexibility index (Phi) is 5.43. The summed E-state index contributed by atoms with van der Waals surface area (Å²) in [5, 5.41) is 1.05. The van der Waals surface area contributed by atoms with Crippen molar-refractivity contribution in [1.29, 1.82) is 0 Å². The third-order valence-corrected chi connectivity index (χ3v) is 2.57. The average Bonchev–Trinajstić information content (AvgIpc) is 2.26. The molecular weight excluding hydrogens is 244 g/mol. The number of thiocarbonyl (C=S) groups is 1. The number of carbonyl (C=O) groups is 1. The van der Waals surface area contributed by atoms with E-state index in [0.717, 1.165) is 0 Å². The van der Waals surface area contributed by atoms with Crippen LogP contribution in [0, 0.1) is 0 Å². The minimum atomic E-state index is 0.0320. The maximum Gasteiger partial charge on any atom is 0.163 e. The van der Waals surface area contributed by atoms with Crippen molar-refractivity contribution in [1.82, 2.24) is 0 Å². The van der Waals surface area contributed by atoms with Crippen molar-refractivity contribution in [3.63, 3.8) is 0 Å². The van der Waals surface area contributed by atoms with Gasteiger partial charge in [-0.2, -0.15) is 0 Å². The van der Waals surface area contributed by atoms with E-state index in [2.05, 4.69) is 0 Å².